The highest BCUT2D eigenvalue weighted by atomic mass is 15.0. The predicted molar refractivity (Wildman–Crippen MR) is 190 cm³/mol. The van der Waals surface area contributed by atoms with Gasteiger partial charge in [0, 0.05) is 38.3 Å². The van der Waals surface area contributed by atoms with Crippen molar-refractivity contribution in [3.8, 4) is 5.69 Å². The van der Waals surface area contributed by atoms with Gasteiger partial charge in [0.2, 0.25) is 0 Å². The van der Waals surface area contributed by atoms with Gasteiger partial charge in [0.25, 0.3) is 0 Å². The maximum absolute atomic E-state index is 3.38. The van der Waals surface area contributed by atoms with E-state index in [0.29, 0.717) is 0 Å². The summed E-state index contributed by atoms with van der Waals surface area (Å²) in [5.41, 5.74) is 7.47. The Balaban J connectivity index is 0.000000153. The minimum Gasteiger partial charge on any atom is -0.355 e. The molecular formula is C41H42N2. The molecule has 2 nitrogen and oxygen atoms in total. The molecule has 1 N–H and O–H groups in total. The number of nitrogens with zero attached hydrogens (tertiary/aromatic N) is 1. The Labute approximate surface area is 256 Å². The van der Waals surface area contributed by atoms with Crippen molar-refractivity contribution in [2.24, 2.45) is 0 Å². The average molecular weight is 563 g/mol. The molecule has 0 atom stereocenters. The van der Waals surface area contributed by atoms with E-state index in [1.54, 1.807) is 0 Å². The zero-order chi connectivity index (χ0) is 30.4. The third kappa shape index (κ3) is 7.23. The van der Waals surface area contributed by atoms with E-state index in [1.807, 2.05) is 45.9 Å². The Hall–Kier alpha value is -5.08. The van der Waals surface area contributed by atoms with E-state index in [2.05, 4.69) is 156 Å². The number of H-pyrrole nitrogens is 1. The van der Waals surface area contributed by atoms with Gasteiger partial charge in [0.05, 0.1) is 11.0 Å². The maximum Gasteiger partial charge on any atom is 0.0541 e. The summed E-state index contributed by atoms with van der Waals surface area (Å²) >= 11 is 0. The first-order chi connectivity index (χ1) is 21.3. The van der Waals surface area contributed by atoms with Gasteiger partial charge in [-0.1, -0.05) is 155 Å². The average Bonchev–Trinajstić information content (AvgIpc) is 3.64. The summed E-state index contributed by atoms with van der Waals surface area (Å²) in [6.07, 6.45) is 0. The third-order valence-electron chi connectivity index (χ3n) is 6.95. The van der Waals surface area contributed by atoms with Crippen LogP contribution in [0.2, 0.25) is 0 Å². The van der Waals surface area contributed by atoms with Crippen LogP contribution in [0.1, 0.15) is 33.3 Å². The number of aryl methyl sites for hydroxylation is 1. The summed E-state index contributed by atoms with van der Waals surface area (Å²) in [6, 6.07) is 54.7. The van der Waals surface area contributed by atoms with Crippen molar-refractivity contribution >= 4 is 43.6 Å². The van der Waals surface area contributed by atoms with E-state index in [1.165, 1.54) is 54.9 Å². The highest BCUT2D eigenvalue weighted by Crippen LogP contribution is 2.31. The van der Waals surface area contributed by atoms with Gasteiger partial charge in [0.15, 0.2) is 0 Å². The molecule has 8 aromatic rings. The molecule has 2 heterocycles. The lowest BCUT2D eigenvalue weighted by molar-refractivity contribution is 1.18. The fourth-order valence-electron chi connectivity index (χ4n) is 5.11. The van der Waals surface area contributed by atoms with Crippen molar-refractivity contribution in [1.29, 1.82) is 0 Å². The molecule has 2 heteroatoms. The zero-order valence-corrected chi connectivity index (χ0v) is 26.0. The summed E-state index contributed by atoms with van der Waals surface area (Å²) < 4.78 is 2.32. The Bertz CT molecular complexity index is 1860. The summed E-state index contributed by atoms with van der Waals surface area (Å²) in [7, 11) is 0. The SMILES string of the molecule is CC.CC.Cc1ccccc1.c1ccc(-n2c3ccccc3c3ccccc32)cc1.c1ccc2c(c1)[nH]c1ccccc12. The summed E-state index contributed by atoms with van der Waals surface area (Å²) in [6.45, 7) is 10.1. The van der Waals surface area contributed by atoms with E-state index in [0.717, 1.165) is 0 Å². The smallest absolute Gasteiger partial charge is 0.0541 e. The van der Waals surface area contributed by atoms with Crippen molar-refractivity contribution in [3.05, 3.63) is 163 Å². The van der Waals surface area contributed by atoms with Gasteiger partial charge in [-0.2, -0.15) is 0 Å². The quantitative estimate of drug-likeness (QED) is 0.205. The first kappa shape index (κ1) is 30.9. The maximum atomic E-state index is 3.38. The van der Waals surface area contributed by atoms with Crippen molar-refractivity contribution in [2.75, 3.05) is 0 Å². The molecule has 0 fully saturated rings. The van der Waals surface area contributed by atoms with Crippen LogP contribution in [0, 0.1) is 6.92 Å². The molecule has 0 radical (unpaired) electrons. The fourth-order valence-corrected chi connectivity index (χ4v) is 5.11. The number of rotatable bonds is 1. The monoisotopic (exact) mass is 562 g/mol. The molecule has 2 aromatic heterocycles. The first-order valence-corrected chi connectivity index (χ1v) is 15.3. The van der Waals surface area contributed by atoms with Gasteiger partial charge in [-0.15, -0.1) is 0 Å². The first-order valence-electron chi connectivity index (χ1n) is 15.3. The number of fused-ring (bicyclic) bond motifs is 6. The van der Waals surface area contributed by atoms with Crippen LogP contribution in [-0.2, 0) is 0 Å². The molecular weight excluding hydrogens is 520 g/mol. The van der Waals surface area contributed by atoms with Crippen LogP contribution in [-0.4, -0.2) is 9.55 Å². The van der Waals surface area contributed by atoms with Gasteiger partial charge in [-0.25, -0.2) is 0 Å². The minimum atomic E-state index is 1.21. The minimum absolute atomic E-state index is 1.21. The second-order valence-electron chi connectivity index (χ2n) is 9.58. The Morgan fingerprint density at radius 2 is 0.721 bits per heavy atom. The van der Waals surface area contributed by atoms with E-state index in [9.17, 15) is 0 Å². The van der Waals surface area contributed by atoms with Crippen molar-refractivity contribution in [1.82, 2.24) is 9.55 Å². The van der Waals surface area contributed by atoms with Gasteiger partial charge in [0.1, 0.15) is 0 Å². The van der Waals surface area contributed by atoms with E-state index in [4.69, 9.17) is 0 Å². The second kappa shape index (κ2) is 15.8. The largest absolute Gasteiger partial charge is 0.355 e. The van der Waals surface area contributed by atoms with Crippen LogP contribution in [0.25, 0.3) is 49.3 Å². The van der Waals surface area contributed by atoms with Crippen LogP contribution >= 0.6 is 0 Å². The summed E-state index contributed by atoms with van der Waals surface area (Å²) in [5.74, 6) is 0. The molecule has 6 aromatic carbocycles. The number of aromatic nitrogens is 2. The van der Waals surface area contributed by atoms with Crippen LogP contribution < -0.4 is 0 Å². The molecule has 0 aliphatic heterocycles. The van der Waals surface area contributed by atoms with E-state index < -0.39 is 0 Å². The van der Waals surface area contributed by atoms with Crippen LogP contribution in [0.15, 0.2) is 158 Å². The molecule has 0 aliphatic rings. The summed E-state index contributed by atoms with van der Waals surface area (Å²) in [4.78, 5) is 3.38. The molecule has 8 rings (SSSR count). The number of aromatic amines is 1. The van der Waals surface area contributed by atoms with Crippen LogP contribution in [0.4, 0.5) is 0 Å². The Kier molecular flexibility index (Phi) is 11.3. The molecule has 0 saturated carbocycles. The molecule has 0 amide bonds. The lowest BCUT2D eigenvalue weighted by Gasteiger charge is -2.06. The molecule has 0 saturated heterocycles. The lowest BCUT2D eigenvalue weighted by Crippen LogP contribution is -1.92. The van der Waals surface area contributed by atoms with Gasteiger partial charge in [-0.3, -0.25) is 0 Å². The molecule has 0 aliphatic carbocycles. The third-order valence-corrected chi connectivity index (χ3v) is 6.95. The van der Waals surface area contributed by atoms with Crippen molar-refractivity contribution in [2.45, 2.75) is 34.6 Å². The zero-order valence-electron chi connectivity index (χ0n) is 26.0. The fraction of sp³-hybridized carbons (Fsp3) is 0.122. The standard InChI is InChI=1S/C18H13N.C12H9N.C7H8.2C2H6/c1-2-8-14(9-3-1)19-17-12-6-4-10-15(17)16-11-5-7-13-18(16)19;1-3-7-11-9(5-1)10-6-2-4-8-12(10)13-11;1-7-5-3-2-4-6-7;2*1-2/h1-13H;1-8,13H;2-6H,1H3;2*1-2H3. The van der Waals surface area contributed by atoms with E-state index in [-0.39, 0.29) is 0 Å². The number of para-hydroxylation sites is 5. The number of hydrogen-bond acceptors (Lipinski definition) is 0. The van der Waals surface area contributed by atoms with Crippen LogP contribution in [0.3, 0.4) is 0 Å². The molecule has 216 valence electrons. The van der Waals surface area contributed by atoms with E-state index >= 15 is 0 Å². The lowest BCUT2D eigenvalue weighted by atomic mass is 10.2. The predicted octanol–water partition coefficient (Wildman–Crippen LogP) is 12.2. The Morgan fingerprint density at radius 1 is 0.372 bits per heavy atom. The number of hydrogen-bond donors (Lipinski definition) is 1. The molecule has 0 bridgehead atoms. The molecule has 0 spiro atoms. The van der Waals surface area contributed by atoms with Crippen molar-refractivity contribution < 1.29 is 0 Å². The highest BCUT2D eigenvalue weighted by Gasteiger charge is 2.10. The molecule has 0 unspecified atom stereocenters. The van der Waals surface area contributed by atoms with Gasteiger partial charge >= 0.3 is 0 Å². The van der Waals surface area contributed by atoms with Gasteiger partial charge in [-0.05, 0) is 43.3 Å². The number of benzene rings is 6. The number of nitrogens with one attached hydrogen (secondary N) is 1. The van der Waals surface area contributed by atoms with Crippen molar-refractivity contribution in [3.63, 3.8) is 0 Å². The summed E-state index contributed by atoms with van der Waals surface area (Å²) in [5, 5.41) is 5.22. The highest BCUT2D eigenvalue weighted by molar-refractivity contribution is 6.09. The second-order valence-corrected chi connectivity index (χ2v) is 9.58. The molecule has 43 heavy (non-hydrogen) atoms. The van der Waals surface area contributed by atoms with Gasteiger partial charge < -0.3 is 9.55 Å². The Morgan fingerprint density at radius 3 is 1.14 bits per heavy atom. The topological polar surface area (TPSA) is 20.7 Å². The van der Waals surface area contributed by atoms with Crippen LogP contribution in [0.5, 0.6) is 0 Å². The normalized spacial score (nSPS) is 9.98.